The zero-order valence-electron chi connectivity index (χ0n) is 23.0. The number of anilines is 1. The largest absolute Gasteiger partial charge is 0.449 e. The van der Waals surface area contributed by atoms with Crippen molar-refractivity contribution in [1.82, 2.24) is 9.97 Å². The SMILES string of the molecule is CCOC(=O)N1c2ccc(C(F)(F)F)cc2[C@@H](c2cc(Cl)nc(Cc3cc(C(F)(F)F)cc(C(F)(F)F)c3)n2)C[C@@]1(N)CC. The van der Waals surface area contributed by atoms with Gasteiger partial charge in [0.15, 0.2) is 0 Å². The van der Waals surface area contributed by atoms with E-state index in [9.17, 15) is 44.3 Å². The first-order valence-electron chi connectivity index (χ1n) is 13.1. The maximum atomic E-state index is 13.7. The first-order valence-corrected chi connectivity index (χ1v) is 13.4. The van der Waals surface area contributed by atoms with Crippen LogP contribution in [0.3, 0.4) is 0 Å². The van der Waals surface area contributed by atoms with Gasteiger partial charge in [0.2, 0.25) is 0 Å². The Hall–Kier alpha value is -3.59. The molecule has 0 spiro atoms. The zero-order chi connectivity index (χ0) is 32.8. The standard InChI is InChI=1S/C28H24ClF9N4O2/c1-3-25(39)13-19(18-11-15(26(30,31)32)5-6-21(18)42(25)24(43)44-4-2)20-12-22(29)41-23(40-20)9-14-7-16(27(33,34)35)10-17(8-14)28(36,37)38/h5-8,10-12,19H,3-4,9,13,39H2,1-2H3/t19-,25+/m0/s1. The maximum absolute atomic E-state index is 13.7. The van der Waals surface area contributed by atoms with Crippen LogP contribution in [0.25, 0.3) is 0 Å². The van der Waals surface area contributed by atoms with Gasteiger partial charge in [-0.1, -0.05) is 18.5 Å². The van der Waals surface area contributed by atoms with E-state index < -0.39 is 64.9 Å². The van der Waals surface area contributed by atoms with Crippen LogP contribution in [-0.2, 0) is 29.7 Å². The molecule has 1 amide bonds. The Morgan fingerprint density at radius 2 is 1.52 bits per heavy atom. The van der Waals surface area contributed by atoms with Gasteiger partial charge < -0.3 is 10.5 Å². The lowest BCUT2D eigenvalue weighted by molar-refractivity contribution is -0.143. The quantitative estimate of drug-likeness (QED) is 0.221. The first kappa shape index (κ1) is 33.3. The molecule has 1 aromatic heterocycles. The first-order chi connectivity index (χ1) is 20.3. The average Bonchev–Trinajstić information content (AvgIpc) is 2.90. The van der Waals surface area contributed by atoms with E-state index in [1.165, 1.54) is 13.0 Å². The van der Waals surface area contributed by atoms with Crippen LogP contribution in [0.15, 0.2) is 42.5 Å². The number of hydrogen-bond donors (Lipinski definition) is 1. The van der Waals surface area contributed by atoms with Crippen LogP contribution in [0.4, 0.5) is 50.0 Å². The van der Waals surface area contributed by atoms with Crippen molar-refractivity contribution < 1.29 is 49.0 Å². The molecule has 238 valence electrons. The number of carbonyl (C=O) groups excluding carboxylic acids is 1. The molecule has 0 saturated heterocycles. The summed E-state index contributed by atoms with van der Waals surface area (Å²) in [6, 6.07) is 4.89. The number of halogens is 10. The molecule has 16 heteroatoms. The van der Waals surface area contributed by atoms with E-state index in [2.05, 4.69) is 9.97 Å². The molecule has 0 fully saturated rings. The minimum absolute atomic E-state index is 0.000956. The van der Waals surface area contributed by atoms with Crippen molar-refractivity contribution >= 4 is 23.4 Å². The van der Waals surface area contributed by atoms with Crippen molar-refractivity contribution in [2.24, 2.45) is 5.73 Å². The summed E-state index contributed by atoms with van der Waals surface area (Å²) in [6.07, 6.45) is -16.6. The summed E-state index contributed by atoms with van der Waals surface area (Å²) in [4.78, 5) is 22.3. The Morgan fingerprint density at radius 1 is 0.932 bits per heavy atom. The van der Waals surface area contributed by atoms with Crippen LogP contribution >= 0.6 is 11.6 Å². The number of carbonyl (C=O) groups is 1. The number of alkyl halides is 9. The molecule has 6 nitrogen and oxygen atoms in total. The van der Waals surface area contributed by atoms with Gasteiger partial charge in [0.1, 0.15) is 16.6 Å². The summed E-state index contributed by atoms with van der Waals surface area (Å²) in [5.74, 6) is -1.34. The van der Waals surface area contributed by atoms with Crippen molar-refractivity contribution in [3.8, 4) is 0 Å². The van der Waals surface area contributed by atoms with Crippen LogP contribution in [0.5, 0.6) is 0 Å². The molecule has 44 heavy (non-hydrogen) atoms. The number of nitrogens with two attached hydrogens (primary N) is 1. The number of nitrogens with zero attached hydrogens (tertiary/aromatic N) is 3. The summed E-state index contributed by atoms with van der Waals surface area (Å²) >= 11 is 6.19. The fourth-order valence-corrected chi connectivity index (χ4v) is 5.30. The van der Waals surface area contributed by atoms with Gasteiger partial charge >= 0.3 is 24.6 Å². The number of hydrogen-bond acceptors (Lipinski definition) is 5. The monoisotopic (exact) mass is 654 g/mol. The number of fused-ring (bicyclic) bond motifs is 1. The Balaban J connectivity index is 1.87. The molecule has 2 N–H and O–H groups in total. The highest BCUT2D eigenvalue weighted by atomic mass is 35.5. The third kappa shape index (κ3) is 6.88. The summed E-state index contributed by atoms with van der Waals surface area (Å²) in [7, 11) is 0. The molecule has 0 bridgehead atoms. The van der Waals surface area contributed by atoms with Gasteiger partial charge in [-0.3, -0.25) is 4.90 Å². The van der Waals surface area contributed by atoms with Gasteiger partial charge in [0.05, 0.1) is 34.7 Å². The van der Waals surface area contributed by atoms with E-state index in [0.29, 0.717) is 12.1 Å². The topological polar surface area (TPSA) is 81.3 Å². The second-order valence-electron chi connectivity index (χ2n) is 10.1. The smallest absolute Gasteiger partial charge is 0.416 e. The second kappa shape index (κ2) is 11.7. The predicted octanol–water partition coefficient (Wildman–Crippen LogP) is 8.34. The minimum Gasteiger partial charge on any atom is -0.449 e. The molecule has 0 radical (unpaired) electrons. The van der Waals surface area contributed by atoms with Crippen molar-refractivity contribution in [2.75, 3.05) is 11.5 Å². The van der Waals surface area contributed by atoms with Crippen molar-refractivity contribution in [1.29, 1.82) is 0 Å². The summed E-state index contributed by atoms with van der Waals surface area (Å²) < 4.78 is 127. The van der Waals surface area contributed by atoms with Crippen LogP contribution in [0.2, 0.25) is 5.15 Å². The number of aromatic nitrogens is 2. The van der Waals surface area contributed by atoms with Crippen LogP contribution < -0.4 is 10.6 Å². The van der Waals surface area contributed by atoms with Gasteiger partial charge in [-0.15, -0.1) is 0 Å². The molecular formula is C28H24ClF9N4O2. The zero-order valence-corrected chi connectivity index (χ0v) is 23.7. The third-order valence-corrected chi connectivity index (χ3v) is 7.36. The van der Waals surface area contributed by atoms with E-state index in [1.807, 2.05) is 0 Å². The number of ether oxygens (including phenoxy) is 1. The molecule has 2 heterocycles. The predicted molar refractivity (Wildman–Crippen MR) is 141 cm³/mol. The maximum Gasteiger partial charge on any atom is 0.416 e. The summed E-state index contributed by atoms with van der Waals surface area (Å²) in [6.45, 7) is 3.13. The lowest BCUT2D eigenvalue weighted by Gasteiger charge is -2.47. The number of amides is 1. The molecular weight excluding hydrogens is 631 g/mol. The summed E-state index contributed by atoms with van der Waals surface area (Å²) in [5.41, 5.74) is 0.542. The Kier molecular flexibility index (Phi) is 8.88. The highest BCUT2D eigenvalue weighted by Crippen LogP contribution is 2.48. The molecule has 2 atom stereocenters. The third-order valence-electron chi connectivity index (χ3n) is 7.16. The fraction of sp³-hybridized carbons (Fsp3) is 0.393. The highest BCUT2D eigenvalue weighted by molar-refractivity contribution is 6.29. The van der Waals surface area contributed by atoms with E-state index in [-0.39, 0.29) is 53.4 Å². The summed E-state index contributed by atoms with van der Waals surface area (Å²) in [5, 5.41) is -0.270. The van der Waals surface area contributed by atoms with E-state index in [0.717, 1.165) is 23.1 Å². The fourth-order valence-electron chi connectivity index (χ4n) is 5.09. The van der Waals surface area contributed by atoms with Crippen molar-refractivity contribution in [3.05, 3.63) is 87.0 Å². The van der Waals surface area contributed by atoms with Crippen LogP contribution in [0, 0.1) is 0 Å². The van der Waals surface area contributed by atoms with Gasteiger partial charge in [0, 0.05) is 12.3 Å². The van der Waals surface area contributed by atoms with E-state index in [4.69, 9.17) is 22.1 Å². The van der Waals surface area contributed by atoms with Gasteiger partial charge in [0.25, 0.3) is 0 Å². The van der Waals surface area contributed by atoms with Crippen LogP contribution in [0.1, 0.15) is 71.9 Å². The van der Waals surface area contributed by atoms with E-state index >= 15 is 0 Å². The number of benzene rings is 2. The lowest BCUT2D eigenvalue weighted by atomic mass is 9.78. The van der Waals surface area contributed by atoms with Crippen LogP contribution in [-0.4, -0.2) is 28.3 Å². The Labute approximate surface area is 250 Å². The molecule has 2 aromatic carbocycles. The highest BCUT2D eigenvalue weighted by Gasteiger charge is 2.47. The van der Waals surface area contributed by atoms with Crippen molar-refractivity contribution in [3.63, 3.8) is 0 Å². The Morgan fingerprint density at radius 3 is 2.05 bits per heavy atom. The molecule has 4 rings (SSSR count). The number of rotatable bonds is 5. The van der Waals surface area contributed by atoms with Crippen molar-refractivity contribution in [2.45, 2.75) is 63.2 Å². The second-order valence-corrected chi connectivity index (χ2v) is 10.5. The van der Waals surface area contributed by atoms with Gasteiger partial charge in [-0.2, -0.15) is 39.5 Å². The lowest BCUT2D eigenvalue weighted by Crippen LogP contribution is -2.61. The normalized spacial score (nSPS) is 19.1. The molecule has 0 unspecified atom stereocenters. The Bertz CT molecular complexity index is 1530. The molecule has 1 aliphatic heterocycles. The average molecular weight is 655 g/mol. The molecule has 0 saturated carbocycles. The van der Waals surface area contributed by atoms with Gasteiger partial charge in [-0.25, -0.2) is 14.8 Å². The molecule has 3 aromatic rings. The molecule has 0 aliphatic carbocycles. The minimum atomic E-state index is -5.09. The van der Waals surface area contributed by atoms with Gasteiger partial charge in [-0.05, 0) is 73.4 Å². The molecule has 1 aliphatic rings. The van der Waals surface area contributed by atoms with E-state index in [1.54, 1.807) is 6.92 Å².